The second-order valence-electron chi connectivity index (χ2n) is 5.07. The zero-order chi connectivity index (χ0) is 14.6. The summed E-state index contributed by atoms with van der Waals surface area (Å²) in [7, 11) is -3.14. The lowest BCUT2D eigenvalue weighted by Gasteiger charge is -2.16. The second kappa shape index (κ2) is 6.49. The van der Waals surface area contributed by atoms with Crippen LogP contribution in [-0.4, -0.2) is 47.9 Å². The Morgan fingerprint density at radius 1 is 1.40 bits per heavy atom. The second-order valence-corrected chi connectivity index (χ2v) is 7.16. The van der Waals surface area contributed by atoms with Crippen molar-refractivity contribution in [3.05, 3.63) is 17.8 Å². The summed E-state index contributed by atoms with van der Waals surface area (Å²) in [5.41, 5.74) is 0.826. The van der Waals surface area contributed by atoms with Gasteiger partial charge < -0.3 is 4.74 Å². The van der Waals surface area contributed by atoms with Gasteiger partial charge in [0.2, 0.25) is 15.9 Å². The number of rotatable bonds is 6. The van der Waals surface area contributed by atoms with Crippen molar-refractivity contribution >= 4 is 10.0 Å². The van der Waals surface area contributed by atoms with E-state index in [0.29, 0.717) is 31.8 Å². The van der Waals surface area contributed by atoms with Crippen LogP contribution >= 0.6 is 0 Å². The first kappa shape index (κ1) is 15.2. The summed E-state index contributed by atoms with van der Waals surface area (Å²) in [6, 6.07) is 3.59. The predicted molar refractivity (Wildman–Crippen MR) is 76.1 cm³/mol. The van der Waals surface area contributed by atoms with Crippen LogP contribution in [0.3, 0.4) is 0 Å². The molecule has 2 rings (SSSR count). The lowest BCUT2D eigenvalue weighted by atomic mass is 10.3. The largest absolute Gasteiger partial charge is 0.472 e. The number of unbranched alkanes of at least 4 members (excludes halogenated alkanes) is 1. The van der Waals surface area contributed by atoms with Crippen LogP contribution in [0.4, 0.5) is 0 Å². The van der Waals surface area contributed by atoms with Crippen LogP contribution in [0.2, 0.25) is 0 Å². The van der Waals surface area contributed by atoms with Crippen LogP contribution in [0.5, 0.6) is 5.88 Å². The molecule has 1 aromatic heterocycles. The van der Waals surface area contributed by atoms with Gasteiger partial charge in [-0.3, -0.25) is 0 Å². The van der Waals surface area contributed by atoms with Crippen LogP contribution in [0, 0.1) is 6.92 Å². The maximum absolute atomic E-state index is 12.1. The smallest absolute Gasteiger partial charge is 0.233 e. The third kappa shape index (κ3) is 3.89. The van der Waals surface area contributed by atoms with Crippen LogP contribution in [-0.2, 0) is 10.0 Å². The van der Waals surface area contributed by atoms with Gasteiger partial charge in [-0.1, -0.05) is 13.3 Å². The first-order valence-corrected chi connectivity index (χ1v) is 8.57. The van der Waals surface area contributed by atoms with Gasteiger partial charge in [0.05, 0.1) is 18.0 Å². The molecule has 0 radical (unpaired) electrons. The third-order valence-electron chi connectivity index (χ3n) is 3.32. The first-order valence-electron chi connectivity index (χ1n) is 6.96. The lowest BCUT2D eigenvalue weighted by Crippen LogP contribution is -2.32. The normalized spacial score (nSPS) is 20.2. The molecular weight excluding hydrogens is 278 g/mol. The molecule has 1 aliphatic heterocycles. The molecule has 6 nitrogen and oxygen atoms in total. The molecule has 1 saturated heterocycles. The van der Waals surface area contributed by atoms with E-state index in [4.69, 9.17) is 4.74 Å². The van der Waals surface area contributed by atoms with Gasteiger partial charge in [-0.15, -0.1) is 5.10 Å². The van der Waals surface area contributed by atoms with Gasteiger partial charge in [0.1, 0.15) is 6.10 Å². The molecule has 20 heavy (non-hydrogen) atoms. The molecule has 1 atom stereocenters. The summed E-state index contributed by atoms with van der Waals surface area (Å²) in [5, 5.41) is 7.86. The Morgan fingerprint density at radius 2 is 2.20 bits per heavy atom. The van der Waals surface area contributed by atoms with Crippen molar-refractivity contribution < 1.29 is 13.2 Å². The minimum Gasteiger partial charge on any atom is -0.472 e. The minimum atomic E-state index is -3.14. The van der Waals surface area contributed by atoms with Gasteiger partial charge in [-0.2, -0.15) is 9.40 Å². The van der Waals surface area contributed by atoms with Crippen LogP contribution in [0.1, 0.15) is 31.9 Å². The van der Waals surface area contributed by atoms with Gasteiger partial charge in [-0.25, -0.2) is 8.42 Å². The molecule has 0 N–H and O–H groups in total. The highest BCUT2D eigenvalue weighted by Gasteiger charge is 2.32. The van der Waals surface area contributed by atoms with E-state index in [1.54, 1.807) is 6.07 Å². The number of sulfonamides is 1. The topological polar surface area (TPSA) is 72.4 Å². The fraction of sp³-hybridized carbons (Fsp3) is 0.692. The third-order valence-corrected chi connectivity index (χ3v) is 5.24. The highest BCUT2D eigenvalue weighted by Crippen LogP contribution is 2.19. The Morgan fingerprint density at radius 3 is 2.85 bits per heavy atom. The zero-order valence-corrected chi connectivity index (χ0v) is 12.8. The standard InChI is InChI=1S/C13H21N3O3S/c1-3-4-9-20(17,18)16-8-7-12(10-16)19-13-6-5-11(2)14-15-13/h5-6,12H,3-4,7-10H2,1-2H3. The van der Waals surface area contributed by atoms with Crippen LogP contribution in [0.15, 0.2) is 12.1 Å². The summed E-state index contributed by atoms with van der Waals surface area (Å²) in [4.78, 5) is 0. The average molecular weight is 299 g/mol. The Labute approximate surface area is 120 Å². The monoisotopic (exact) mass is 299 g/mol. The molecule has 2 heterocycles. The van der Waals surface area contributed by atoms with Gasteiger partial charge in [-0.05, 0) is 25.8 Å². The number of hydrogen-bond acceptors (Lipinski definition) is 5. The maximum Gasteiger partial charge on any atom is 0.233 e. The Kier molecular flexibility index (Phi) is 4.93. The molecule has 0 aliphatic carbocycles. The van der Waals surface area contributed by atoms with Crippen molar-refractivity contribution in [1.82, 2.24) is 14.5 Å². The van der Waals surface area contributed by atoms with Crippen molar-refractivity contribution in [2.45, 2.75) is 39.2 Å². The number of aryl methyl sites for hydroxylation is 1. The predicted octanol–water partition coefficient (Wildman–Crippen LogP) is 1.37. The highest BCUT2D eigenvalue weighted by atomic mass is 32.2. The number of ether oxygens (including phenoxy) is 1. The Hall–Kier alpha value is -1.21. The van der Waals surface area contributed by atoms with E-state index in [1.807, 2.05) is 19.9 Å². The van der Waals surface area contributed by atoms with Crippen molar-refractivity contribution in [2.24, 2.45) is 0 Å². The first-order chi connectivity index (χ1) is 9.51. The Balaban J connectivity index is 1.90. The van der Waals surface area contributed by atoms with Crippen molar-refractivity contribution in [1.29, 1.82) is 0 Å². The molecule has 0 amide bonds. The van der Waals surface area contributed by atoms with Crippen LogP contribution < -0.4 is 4.74 Å². The minimum absolute atomic E-state index is 0.136. The lowest BCUT2D eigenvalue weighted by molar-refractivity contribution is 0.204. The van der Waals surface area contributed by atoms with E-state index < -0.39 is 10.0 Å². The van der Waals surface area contributed by atoms with E-state index in [-0.39, 0.29) is 11.9 Å². The van der Waals surface area contributed by atoms with Gasteiger partial charge >= 0.3 is 0 Å². The molecule has 1 aliphatic rings. The van der Waals surface area contributed by atoms with Gasteiger partial charge in [0, 0.05) is 12.6 Å². The molecule has 1 fully saturated rings. The molecule has 112 valence electrons. The summed E-state index contributed by atoms with van der Waals surface area (Å²) in [5.74, 6) is 0.675. The molecule has 0 saturated carbocycles. The number of hydrogen-bond donors (Lipinski definition) is 0. The van der Waals surface area contributed by atoms with Crippen molar-refractivity contribution in [3.8, 4) is 5.88 Å². The van der Waals surface area contributed by atoms with Crippen molar-refractivity contribution in [3.63, 3.8) is 0 Å². The fourth-order valence-electron chi connectivity index (χ4n) is 2.12. The SMILES string of the molecule is CCCCS(=O)(=O)N1CCC(Oc2ccc(C)nn2)C1. The number of nitrogens with zero attached hydrogens (tertiary/aromatic N) is 3. The van der Waals surface area contributed by atoms with E-state index in [9.17, 15) is 8.42 Å². The average Bonchev–Trinajstić information content (AvgIpc) is 2.88. The number of aromatic nitrogens is 2. The van der Waals surface area contributed by atoms with Crippen molar-refractivity contribution in [2.75, 3.05) is 18.8 Å². The van der Waals surface area contributed by atoms with E-state index in [2.05, 4.69) is 10.2 Å². The molecular formula is C13H21N3O3S. The molecule has 0 aromatic carbocycles. The highest BCUT2D eigenvalue weighted by molar-refractivity contribution is 7.89. The van der Waals surface area contributed by atoms with E-state index in [0.717, 1.165) is 12.1 Å². The molecule has 1 aromatic rings. The van der Waals surface area contributed by atoms with Crippen LogP contribution in [0.25, 0.3) is 0 Å². The van der Waals surface area contributed by atoms with Gasteiger partial charge in [0.15, 0.2) is 0 Å². The zero-order valence-electron chi connectivity index (χ0n) is 11.9. The summed E-state index contributed by atoms with van der Waals surface area (Å²) >= 11 is 0. The summed E-state index contributed by atoms with van der Waals surface area (Å²) < 4.78 is 31.4. The molecule has 7 heteroatoms. The molecule has 1 unspecified atom stereocenters. The quantitative estimate of drug-likeness (QED) is 0.793. The Bertz CT molecular complexity index is 530. The molecule has 0 bridgehead atoms. The maximum atomic E-state index is 12.1. The summed E-state index contributed by atoms with van der Waals surface area (Å²) in [6.45, 7) is 4.77. The van der Waals surface area contributed by atoms with E-state index in [1.165, 1.54) is 4.31 Å². The summed E-state index contributed by atoms with van der Waals surface area (Å²) in [6.07, 6.45) is 2.14. The van der Waals surface area contributed by atoms with Gasteiger partial charge in [0.25, 0.3) is 0 Å². The van der Waals surface area contributed by atoms with E-state index >= 15 is 0 Å². The fourth-order valence-corrected chi connectivity index (χ4v) is 3.81. The molecule has 0 spiro atoms.